The van der Waals surface area contributed by atoms with Crippen LogP contribution in [0.1, 0.15) is 29.8 Å². The zero-order valence-electron chi connectivity index (χ0n) is 12.4. The molecule has 1 rings (SSSR count). The molecule has 1 aromatic carbocycles. The molecule has 0 aliphatic heterocycles. The van der Waals surface area contributed by atoms with Crippen LogP contribution in [0.4, 0.5) is 5.69 Å². The topological polar surface area (TPSA) is 90.7 Å². The predicted molar refractivity (Wildman–Crippen MR) is 77.2 cm³/mol. The number of nitrogens with zero attached hydrogens (tertiary/aromatic N) is 1. The van der Waals surface area contributed by atoms with E-state index in [0.717, 1.165) is 0 Å². The maximum atomic E-state index is 12.1. The molecule has 0 aliphatic carbocycles. The van der Waals surface area contributed by atoms with Gasteiger partial charge >= 0.3 is 0 Å². The average Bonchev–Trinajstić information content (AvgIpc) is 2.44. The van der Waals surface area contributed by atoms with E-state index in [9.17, 15) is 14.9 Å². The first-order valence-electron chi connectivity index (χ1n) is 6.76. The van der Waals surface area contributed by atoms with Gasteiger partial charge in [-0.05, 0) is 26.8 Å². The number of aryl methyl sites for hydroxylation is 1. The van der Waals surface area contributed by atoms with Gasteiger partial charge in [0.2, 0.25) is 0 Å². The summed E-state index contributed by atoms with van der Waals surface area (Å²) in [6.07, 6.45) is -0.562. The zero-order chi connectivity index (χ0) is 15.8. The first-order chi connectivity index (χ1) is 10.0. The second-order valence-corrected chi connectivity index (χ2v) is 4.28. The molecule has 0 saturated heterocycles. The van der Waals surface area contributed by atoms with Gasteiger partial charge in [0.1, 0.15) is 5.56 Å². The number of nitrogens with one attached hydrogen (secondary N) is 1. The Morgan fingerprint density at radius 1 is 1.33 bits per heavy atom. The van der Waals surface area contributed by atoms with Gasteiger partial charge in [0.15, 0.2) is 6.29 Å². The van der Waals surface area contributed by atoms with Crippen molar-refractivity contribution >= 4 is 11.6 Å². The van der Waals surface area contributed by atoms with Crippen LogP contribution in [0, 0.1) is 17.0 Å². The Hall–Kier alpha value is -1.99. The predicted octanol–water partition coefficient (Wildman–Crippen LogP) is 2.03. The summed E-state index contributed by atoms with van der Waals surface area (Å²) in [4.78, 5) is 22.6. The minimum atomic E-state index is -0.562. The Labute approximate surface area is 123 Å². The molecule has 0 atom stereocenters. The summed E-state index contributed by atoms with van der Waals surface area (Å²) in [6, 6.07) is 4.63. The fourth-order valence-corrected chi connectivity index (χ4v) is 1.89. The van der Waals surface area contributed by atoms with E-state index in [1.807, 2.05) is 13.8 Å². The lowest BCUT2D eigenvalue weighted by molar-refractivity contribution is -0.385. The van der Waals surface area contributed by atoms with Crippen LogP contribution in [0.25, 0.3) is 0 Å². The highest BCUT2D eigenvalue weighted by molar-refractivity contribution is 5.98. The molecule has 0 heterocycles. The molecule has 0 unspecified atom stereocenters. The molecule has 0 bridgehead atoms. The van der Waals surface area contributed by atoms with Crippen molar-refractivity contribution in [2.75, 3.05) is 19.8 Å². The van der Waals surface area contributed by atoms with E-state index in [1.165, 1.54) is 6.07 Å². The fourth-order valence-electron chi connectivity index (χ4n) is 1.89. The molecule has 0 fully saturated rings. The van der Waals surface area contributed by atoms with Crippen molar-refractivity contribution < 1.29 is 19.2 Å². The van der Waals surface area contributed by atoms with E-state index in [0.29, 0.717) is 18.8 Å². The van der Waals surface area contributed by atoms with E-state index in [2.05, 4.69) is 5.32 Å². The molecule has 0 saturated carbocycles. The Balaban J connectivity index is 2.80. The summed E-state index contributed by atoms with van der Waals surface area (Å²) < 4.78 is 10.6. The second-order valence-electron chi connectivity index (χ2n) is 4.28. The van der Waals surface area contributed by atoms with Gasteiger partial charge in [-0.3, -0.25) is 14.9 Å². The lowest BCUT2D eigenvalue weighted by atomic mass is 10.1. The van der Waals surface area contributed by atoms with Crippen molar-refractivity contribution in [1.29, 1.82) is 0 Å². The van der Waals surface area contributed by atoms with Crippen LogP contribution < -0.4 is 5.32 Å². The van der Waals surface area contributed by atoms with Crippen LogP contribution in [-0.4, -0.2) is 36.9 Å². The van der Waals surface area contributed by atoms with Gasteiger partial charge in [-0.15, -0.1) is 0 Å². The third kappa shape index (κ3) is 4.80. The number of carbonyl (C=O) groups is 1. The lowest BCUT2D eigenvalue weighted by Crippen LogP contribution is -2.35. The maximum absolute atomic E-state index is 12.1. The third-order valence-electron chi connectivity index (χ3n) is 2.80. The van der Waals surface area contributed by atoms with Crippen molar-refractivity contribution in [3.05, 3.63) is 39.4 Å². The molecule has 0 aliphatic rings. The van der Waals surface area contributed by atoms with Gasteiger partial charge in [0.05, 0.1) is 11.5 Å². The minimum absolute atomic E-state index is 0.0340. The molecule has 116 valence electrons. The summed E-state index contributed by atoms with van der Waals surface area (Å²) in [6.45, 7) is 6.26. The van der Waals surface area contributed by atoms with E-state index in [-0.39, 0.29) is 17.8 Å². The van der Waals surface area contributed by atoms with Crippen molar-refractivity contribution in [3.63, 3.8) is 0 Å². The number of hydrogen-bond acceptors (Lipinski definition) is 5. The average molecular weight is 296 g/mol. The first kappa shape index (κ1) is 17.1. The second kappa shape index (κ2) is 8.33. The Morgan fingerprint density at radius 2 is 1.95 bits per heavy atom. The first-order valence-corrected chi connectivity index (χ1v) is 6.76. The van der Waals surface area contributed by atoms with Crippen molar-refractivity contribution in [3.8, 4) is 0 Å². The Kier molecular flexibility index (Phi) is 6.77. The highest BCUT2D eigenvalue weighted by Gasteiger charge is 2.22. The Morgan fingerprint density at radius 3 is 2.48 bits per heavy atom. The van der Waals surface area contributed by atoms with Crippen molar-refractivity contribution in [2.45, 2.75) is 27.1 Å². The van der Waals surface area contributed by atoms with Gasteiger partial charge in [0, 0.05) is 18.8 Å². The summed E-state index contributed by atoms with van der Waals surface area (Å²) in [7, 11) is 0. The van der Waals surface area contributed by atoms with Gasteiger partial charge < -0.3 is 14.8 Å². The van der Waals surface area contributed by atoms with Crippen LogP contribution in [-0.2, 0) is 9.47 Å². The Bertz CT molecular complexity index is 498. The number of carbonyl (C=O) groups excluding carboxylic acids is 1. The summed E-state index contributed by atoms with van der Waals surface area (Å²) in [5, 5.41) is 13.7. The molecule has 7 nitrogen and oxygen atoms in total. The van der Waals surface area contributed by atoms with Crippen LogP contribution in [0.15, 0.2) is 18.2 Å². The number of nitro groups is 1. The largest absolute Gasteiger partial charge is 0.351 e. The summed E-state index contributed by atoms with van der Waals surface area (Å²) in [5.41, 5.74) is 0.296. The van der Waals surface area contributed by atoms with E-state index in [4.69, 9.17) is 9.47 Å². The molecule has 1 amide bonds. The maximum Gasteiger partial charge on any atom is 0.285 e. The van der Waals surface area contributed by atoms with Crippen LogP contribution in [0.2, 0.25) is 0 Å². The number of amides is 1. The van der Waals surface area contributed by atoms with Crippen molar-refractivity contribution in [1.82, 2.24) is 5.32 Å². The lowest BCUT2D eigenvalue weighted by Gasteiger charge is -2.17. The van der Waals surface area contributed by atoms with Gasteiger partial charge in [-0.1, -0.05) is 12.1 Å². The molecular weight excluding hydrogens is 276 g/mol. The summed E-state index contributed by atoms with van der Waals surface area (Å²) >= 11 is 0. The number of rotatable bonds is 8. The number of para-hydroxylation sites is 1. The SMILES string of the molecule is CCOC(CNC(=O)c1cccc(C)c1[N+](=O)[O-])OCC. The molecular formula is C14H20N2O5. The van der Waals surface area contributed by atoms with Gasteiger partial charge in [-0.2, -0.15) is 0 Å². The molecule has 0 radical (unpaired) electrons. The standard InChI is InChI=1S/C14H20N2O5/c1-4-20-12(21-5-2)9-15-14(17)11-8-6-7-10(3)13(11)16(18)19/h6-8,12H,4-5,9H2,1-3H3,(H,15,17). The molecule has 7 heteroatoms. The molecule has 1 N–H and O–H groups in total. The highest BCUT2D eigenvalue weighted by Crippen LogP contribution is 2.22. The smallest absolute Gasteiger partial charge is 0.285 e. The molecule has 1 aromatic rings. The molecule has 0 spiro atoms. The minimum Gasteiger partial charge on any atom is -0.351 e. The van der Waals surface area contributed by atoms with E-state index < -0.39 is 17.1 Å². The van der Waals surface area contributed by atoms with E-state index >= 15 is 0 Å². The fraction of sp³-hybridized carbons (Fsp3) is 0.500. The molecule has 21 heavy (non-hydrogen) atoms. The van der Waals surface area contributed by atoms with Gasteiger partial charge in [0.25, 0.3) is 11.6 Å². The number of hydrogen-bond donors (Lipinski definition) is 1. The van der Waals surface area contributed by atoms with Crippen LogP contribution in [0.3, 0.4) is 0 Å². The van der Waals surface area contributed by atoms with Crippen molar-refractivity contribution in [2.24, 2.45) is 0 Å². The van der Waals surface area contributed by atoms with Gasteiger partial charge in [-0.25, -0.2) is 0 Å². The number of nitro benzene ring substituents is 1. The monoisotopic (exact) mass is 296 g/mol. The highest BCUT2D eigenvalue weighted by atomic mass is 16.7. The third-order valence-corrected chi connectivity index (χ3v) is 2.80. The quantitative estimate of drug-likeness (QED) is 0.450. The number of benzene rings is 1. The van der Waals surface area contributed by atoms with Crippen LogP contribution in [0.5, 0.6) is 0 Å². The zero-order valence-corrected chi connectivity index (χ0v) is 12.4. The number of ether oxygens (including phenoxy) is 2. The van der Waals surface area contributed by atoms with E-state index in [1.54, 1.807) is 19.1 Å². The summed E-state index contributed by atoms with van der Waals surface area (Å²) in [5.74, 6) is -0.519. The molecule has 0 aromatic heterocycles. The van der Waals surface area contributed by atoms with Crippen LogP contribution >= 0.6 is 0 Å². The normalized spacial score (nSPS) is 10.7.